The zero-order valence-electron chi connectivity index (χ0n) is 15.5. The van der Waals surface area contributed by atoms with Crippen LogP contribution in [-0.2, 0) is 22.5 Å². The summed E-state index contributed by atoms with van der Waals surface area (Å²) < 4.78 is 5.79. The molecule has 0 saturated carbocycles. The van der Waals surface area contributed by atoms with Crippen molar-refractivity contribution in [1.29, 1.82) is 0 Å². The molecular formula is C21H29N2O2S+. The Labute approximate surface area is 160 Å². The molecule has 5 heteroatoms. The fourth-order valence-electron chi connectivity index (χ4n) is 3.51. The minimum absolute atomic E-state index is 0.128. The molecule has 0 spiro atoms. The van der Waals surface area contributed by atoms with Crippen molar-refractivity contribution in [3.8, 4) is 0 Å². The summed E-state index contributed by atoms with van der Waals surface area (Å²) in [5, 5.41) is 5.19. The Balaban J connectivity index is 1.48. The monoisotopic (exact) mass is 373 g/mol. The van der Waals surface area contributed by atoms with Gasteiger partial charge < -0.3 is 15.0 Å². The molecule has 1 aromatic carbocycles. The van der Waals surface area contributed by atoms with Crippen molar-refractivity contribution in [2.24, 2.45) is 0 Å². The van der Waals surface area contributed by atoms with Crippen LogP contribution in [0.1, 0.15) is 28.8 Å². The highest BCUT2D eigenvalue weighted by molar-refractivity contribution is 7.09. The first-order valence-electron chi connectivity index (χ1n) is 9.49. The number of amides is 1. The minimum Gasteiger partial charge on any atom is -0.372 e. The van der Waals surface area contributed by atoms with Gasteiger partial charge >= 0.3 is 0 Å². The third kappa shape index (κ3) is 5.94. The molecule has 2 N–H and O–H groups in total. The number of nitrogens with one attached hydrogen (secondary N) is 2. The van der Waals surface area contributed by atoms with Gasteiger partial charge in [0, 0.05) is 13.2 Å². The molecule has 140 valence electrons. The average molecular weight is 374 g/mol. The molecule has 1 saturated heterocycles. The summed E-state index contributed by atoms with van der Waals surface area (Å²) in [5.74, 6) is 0.128. The van der Waals surface area contributed by atoms with Gasteiger partial charge in [-0.3, -0.25) is 4.79 Å². The van der Waals surface area contributed by atoms with Crippen LogP contribution in [-0.4, -0.2) is 38.3 Å². The summed E-state index contributed by atoms with van der Waals surface area (Å²) in [6.07, 6.45) is 3.43. The largest absolute Gasteiger partial charge is 0.372 e. The van der Waals surface area contributed by atoms with E-state index in [9.17, 15) is 4.79 Å². The second kappa shape index (κ2) is 9.86. The Kier molecular flexibility index (Phi) is 7.23. The summed E-state index contributed by atoms with van der Waals surface area (Å²) in [4.78, 5) is 15.1. The van der Waals surface area contributed by atoms with E-state index in [-0.39, 0.29) is 5.91 Å². The van der Waals surface area contributed by atoms with Crippen LogP contribution in [0.3, 0.4) is 0 Å². The number of ether oxygens (including phenoxy) is 1. The second-order valence-electron chi connectivity index (χ2n) is 7.05. The van der Waals surface area contributed by atoms with E-state index in [1.165, 1.54) is 20.9 Å². The molecule has 2 atom stereocenters. The molecule has 2 heterocycles. The topological polar surface area (TPSA) is 42.8 Å². The first kappa shape index (κ1) is 19.1. The molecule has 1 fully saturated rings. The molecule has 26 heavy (non-hydrogen) atoms. The van der Waals surface area contributed by atoms with Crippen molar-refractivity contribution in [2.75, 3.05) is 26.2 Å². The van der Waals surface area contributed by atoms with Crippen LogP contribution < -0.4 is 10.2 Å². The summed E-state index contributed by atoms with van der Waals surface area (Å²) in [6, 6.07) is 12.6. The van der Waals surface area contributed by atoms with E-state index < -0.39 is 0 Å². The Morgan fingerprint density at radius 3 is 2.92 bits per heavy atom. The van der Waals surface area contributed by atoms with Gasteiger partial charge in [0.1, 0.15) is 19.2 Å². The Morgan fingerprint density at radius 2 is 2.19 bits per heavy atom. The maximum absolute atomic E-state index is 12.5. The number of carbonyl (C=O) groups excluding carboxylic acids is 1. The van der Waals surface area contributed by atoms with Gasteiger partial charge in [-0.25, -0.2) is 0 Å². The van der Waals surface area contributed by atoms with Crippen LogP contribution in [0.4, 0.5) is 0 Å². The minimum atomic E-state index is 0.128. The lowest BCUT2D eigenvalue weighted by Gasteiger charge is -2.21. The number of quaternary nitrogens is 1. The highest BCUT2D eigenvalue weighted by Crippen LogP contribution is 2.11. The van der Waals surface area contributed by atoms with Gasteiger partial charge in [0.15, 0.2) is 6.54 Å². The van der Waals surface area contributed by atoms with Crippen LogP contribution in [0.15, 0.2) is 41.8 Å². The Morgan fingerprint density at radius 1 is 1.31 bits per heavy atom. The van der Waals surface area contributed by atoms with Gasteiger partial charge in [-0.05, 0) is 48.8 Å². The van der Waals surface area contributed by atoms with Crippen molar-refractivity contribution in [2.45, 2.75) is 38.8 Å². The molecule has 0 radical (unpaired) electrons. The SMILES string of the molecule is Cc1ccccc1CCNC(=O)C[NH+](Cc1cccs1)C[C@@H]1CCCO1. The lowest BCUT2D eigenvalue weighted by atomic mass is 10.1. The van der Waals surface area contributed by atoms with Crippen LogP contribution in [0.5, 0.6) is 0 Å². The fourth-order valence-corrected chi connectivity index (χ4v) is 4.29. The van der Waals surface area contributed by atoms with Gasteiger partial charge in [0.05, 0.1) is 4.88 Å². The number of rotatable bonds is 9. The summed E-state index contributed by atoms with van der Waals surface area (Å²) in [7, 11) is 0. The zero-order chi connectivity index (χ0) is 18.2. The lowest BCUT2D eigenvalue weighted by molar-refractivity contribution is -0.908. The van der Waals surface area contributed by atoms with E-state index in [1.54, 1.807) is 11.3 Å². The third-order valence-electron chi connectivity index (χ3n) is 4.93. The van der Waals surface area contributed by atoms with Crippen LogP contribution >= 0.6 is 11.3 Å². The van der Waals surface area contributed by atoms with Crippen molar-refractivity contribution >= 4 is 17.2 Å². The van der Waals surface area contributed by atoms with Crippen LogP contribution in [0, 0.1) is 6.92 Å². The standard InChI is InChI=1S/C21H28N2O2S/c1-17-6-2-3-7-18(17)10-11-22-21(24)16-23(14-19-8-4-12-25-19)15-20-9-5-13-26-20/h2-3,5-7,9,13,19H,4,8,10-12,14-16H2,1H3,(H,22,24)/p+1/t19-/m0/s1. The molecule has 3 rings (SSSR count). The lowest BCUT2D eigenvalue weighted by Crippen LogP contribution is -3.13. The quantitative estimate of drug-likeness (QED) is 0.706. The van der Waals surface area contributed by atoms with Gasteiger partial charge in [-0.15, -0.1) is 11.3 Å². The van der Waals surface area contributed by atoms with Gasteiger partial charge in [0.2, 0.25) is 0 Å². The smallest absolute Gasteiger partial charge is 0.275 e. The summed E-state index contributed by atoms with van der Waals surface area (Å²) in [6.45, 7) is 5.97. The second-order valence-corrected chi connectivity index (χ2v) is 8.08. The van der Waals surface area contributed by atoms with Crippen molar-refractivity contribution in [3.63, 3.8) is 0 Å². The Hall–Kier alpha value is -1.69. The van der Waals surface area contributed by atoms with Crippen molar-refractivity contribution in [3.05, 3.63) is 57.8 Å². The highest BCUT2D eigenvalue weighted by Gasteiger charge is 2.24. The molecular weight excluding hydrogens is 344 g/mol. The van der Waals surface area contributed by atoms with Gasteiger partial charge in [-0.2, -0.15) is 0 Å². The van der Waals surface area contributed by atoms with Gasteiger partial charge in [-0.1, -0.05) is 30.3 Å². The number of hydrogen-bond acceptors (Lipinski definition) is 3. The molecule has 1 unspecified atom stereocenters. The molecule has 4 nitrogen and oxygen atoms in total. The van der Waals surface area contributed by atoms with Gasteiger partial charge in [0.25, 0.3) is 5.91 Å². The van der Waals surface area contributed by atoms with E-state index in [1.807, 2.05) is 6.07 Å². The molecule has 1 aromatic heterocycles. The molecule has 0 aliphatic carbocycles. The Bertz CT molecular complexity index is 681. The molecule has 2 aromatic rings. The summed E-state index contributed by atoms with van der Waals surface area (Å²) in [5.41, 5.74) is 2.58. The predicted octanol–water partition coefficient (Wildman–Crippen LogP) is 1.98. The van der Waals surface area contributed by atoms with E-state index in [2.05, 4.69) is 48.0 Å². The maximum atomic E-state index is 12.5. The highest BCUT2D eigenvalue weighted by atomic mass is 32.1. The van der Waals surface area contributed by atoms with E-state index in [4.69, 9.17) is 4.74 Å². The molecule has 0 bridgehead atoms. The van der Waals surface area contributed by atoms with Crippen molar-refractivity contribution in [1.82, 2.24) is 5.32 Å². The van der Waals surface area contributed by atoms with Crippen molar-refractivity contribution < 1.29 is 14.4 Å². The van der Waals surface area contributed by atoms with E-state index in [0.29, 0.717) is 19.2 Å². The normalized spacial score (nSPS) is 18.0. The molecule has 1 aliphatic heterocycles. The zero-order valence-corrected chi connectivity index (χ0v) is 16.3. The fraction of sp³-hybridized carbons (Fsp3) is 0.476. The number of hydrogen-bond donors (Lipinski definition) is 2. The van der Waals surface area contributed by atoms with E-state index >= 15 is 0 Å². The number of benzene rings is 1. The maximum Gasteiger partial charge on any atom is 0.275 e. The molecule has 1 amide bonds. The average Bonchev–Trinajstić information content (AvgIpc) is 3.30. The number of thiophene rings is 1. The van der Waals surface area contributed by atoms with Crippen LogP contribution in [0.25, 0.3) is 0 Å². The third-order valence-corrected chi connectivity index (χ3v) is 5.81. The predicted molar refractivity (Wildman–Crippen MR) is 106 cm³/mol. The molecule has 1 aliphatic rings. The summed E-state index contributed by atoms with van der Waals surface area (Å²) >= 11 is 1.76. The first-order valence-corrected chi connectivity index (χ1v) is 10.4. The number of aryl methyl sites for hydroxylation is 1. The first-order chi connectivity index (χ1) is 12.7. The van der Waals surface area contributed by atoms with Crippen LogP contribution in [0.2, 0.25) is 0 Å². The number of carbonyl (C=O) groups is 1. The van der Waals surface area contributed by atoms with E-state index in [0.717, 1.165) is 39.0 Å².